The number of aromatic nitrogens is 1. The molecule has 3 rings (SSSR count). The summed E-state index contributed by atoms with van der Waals surface area (Å²) in [7, 11) is 0. The van der Waals surface area contributed by atoms with Gasteiger partial charge in [0.1, 0.15) is 0 Å². The highest BCUT2D eigenvalue weighted by atomic mass is 35.5. The zero-order valence-electron chi connectivity index (χ0n) is 10.8. The van der Waals surface area contributed by atoms with Gasteiger partial charge >= 0.3 is 0 Å². The summed E-state index contributed by atoms with van der Waals surface area (Å²) < 4.78 is 0. The molecular weight excluding hydrogens is 295 g/mol. The van der Waals surface area contributed by atoms with Crippen LogP contribution in [0.15, 0.2) is 24.3 Å². The molecule has 0 saturated carbocycles. The predicted octanol–water partition coefficient (Wildman–Crippen LogP) is 3.65. The number of rotatable bonds is 1. The molecule has 0 atom stereocenters. The SMILES string of the molecule is Cc1cc(-c2ccc(Cl)cc2Cl)c2c(n1)CCNC2=O. The lowest BCUT2D eigenvalue weighted by Crippen LogP contribution is -2.33. The summed E-state index contributed by atoms with van der Waals surface area (Å²) in [6.45, 7) is 2.54. The van der Waals surface area contributed by atoms with Crippen LogP contribution in [-0.4, -0.2) is 17.4 Å². The van der Waals surface area contributed by atoms with Gasteiger partial charge in [-0.1, -0.05) is 29.3 Å². The average molecular weight is 307 g/mol. The molecule has 1 N–H and O–H groups in total. The minimum absolute atomic E-state index is 0.0974. The number of nitrogens with zero attached hydrogens (tertiary/aromatic N) is 1. The Morgan fingerprint density at radius 1 is 1.20 bits per heavy atom. The number of pyridine rings is 1. The van der Waals surface area contributed by atoms with Crippen LogP contribution >= 0.6 is 23.2 Å². The molecular formula is C15H12Cl2N2O. The number of amides is 1. The van der Waals surface area contributed by atoms with Crippen molar-refractivity contribution >= 4 is 29.1 Å². The average Bonchev–Trinajstić information content (AvgIpc) is 2.37. The van der Waals surface area contributed by atoms with Gasteiger partial charge in [-0.25, -0.2) is 0 Å². The summed E-state index contributed by atoms with van der Waals surface area (Å²) >= 11 is 12.2. The summed E-state index contributed by atoms with van der Waals surface area (Å²) in [5.74, 6) is -0.0974. The molecule has 3 nitrogen and oxygen atoms in total. The molecule has 0 saturated heterocycles. The van der Waals surface area contributed by atoms with Crippen LogP contribution in [0.1, 0.15) is 21.7 Å². The number of carbonyl (C=O) groups excluding carboxylic acids is 1. The highest BCUT2D eigenvalue weighted by Gasteiger charge is 2.23. The van der Waals surface area contributed by atoms with E-state index in [9.17, 15) is 4.79 Å². The number of fused-ring (bicyclic) bond motifs is 1. The van der Waals surface area contributed by atoms with E-state index in [0.717, 1.165) is 28.9 Å². The van der Waals surface area contributed by atoms with Crippen molar-refractivity contribution in [3.05, 3.63) is 51.3 Å². The van der Waals surface area contributed by atoms with Gasteiger partial charge in [-0.05, 0) is 30.7 Å². The number of carbonyl (C=O) groups is 1. The van der Waals surface area contributed by atoms with E-state index in [-0.39, 0.29) is 5.91 Å². The van der Waals surface area contributed by atoms with Crippen LogP contribution < -0.4 is 5.32 Å². The molecule has 0 spiro atoms. The Bertz CT molecular complexity index is 713. The largest absolute Gasteiger partial charge is 0.352 e. The quantitative estimate of drug-likeness (QED) is 0.874. The van der Waals surface area contributed by atoms with E-state index in [1.54, 1.807) is 12.1 Å². The van der Waals surface area contributed by atoms with Crippen LogP contribution in [0, 0.1) is 6.92 Å². The zero-order chi connectivity index (χ0) is 14.3. The third-order valence-electron chi connectivity index (χ3n) is 3.32. The molecule has 1 aliphatic rings. The van der Waals surface area contributed by atoms with Gasteiger partial charge in [0.15, 0.2) is 0 Å². The van der Waals surface area contributed by atoms with Crippen molar-refractivity contribution in [2.24, 2.45) is 0 Å². The second-order valence-corrected chi connectivity index (χ2v) is 5.61. The van der Waals surface area contributed by atoms with Crippen molar-refractivity contribution < 1.29 is 4.79 Å². The molecule has 5 heteroatoms. The standard InChI is InChI=1S/C15H12Cl2N2O/c1-8-6-11(10-3-2-9(16)7-12(10)17)14-13(19-8)4-5-18-15(14)20/h2-3,6-7H,4-5H2,1H3,(H,18,20). The van der Waals surface area contributed by atoms with Crippen molar-refractivity contribution in [3.63, 3.8) is 0 Å². The van der Waals surface area contributed by atoms with Gasteiger partial charge in [0, 0.05) is 34.3 Å². The normalized spacial score (nSPS) is 13.8. The first-order valence-electron chi connectivity index (χ1n) is 6.30. The smallest absolute Gasteiger partial charge is 0.253 e. The van der Waals surface area contributed by atoms with E-state index < -0.39 is 0 Å². The van der Waals surface area contributed by atoms with Gasteiger partial charge < -0.3 is 5.32 Å². The van der Waals surface area contributed by atoms with Gasteiger partial charge in [0.2, 0.25) is 0 Å². The van der Waals surface area contributed by atoms with Crippen molar-refractivity contribution in [3.8, 4) is 11.1 Å². The molecule has 1 aromatic carbocycles. The van der Waals surface area contributed by atoms with E-state index in [1.165, 1.54) is 0 Å². The van der Waals surface area contributed by atoms with E-state index in [2.05, 4.69) is 10.3 Å². The van der Waals surface area contributed by atoms with Crippen LogP contribution in [-0.2, 0) is 6.42 Å². The van der Waals surface area contributed by atoms with Crippen molar-refractivity contribution in [2.75, 3.05) is 6.54 Å². The topological polar surface area (TPSA) is 42.0 Å². The molecule has 2 heterocycles. The van der Waals surface area contributed by atoms with Crippen molar-refractivity contribution in [2.45, 2.75) is 13.3 Å². The Kier molecular flexibility index (Phi) is 3.40. The number of halogens is 2. The highest BCUT2D eigenvalue weighted by Crippen LogP contribution is 2.34. The van der Waals surface area contributed by atoms with Gasteiger partial charge in [-0.3, -0.25) is 9.78 Å². The first-order valence-corrected chi connectivity index (χ1v) is 7.06. The maximum Gasteiger partial charge on any atom is 0.253 e. The number of hydrogen-bond donors (Lipinski definition) is 1. The van der Waals surface area contributed by atoms with Gasteiger partial charge in [-0.2, -0.15) is 0 Å². The van der Waals surface area contributed by atoms with Crippen LogP contribution in [0.5, 0.6) is 0 Å². The third kappa shape index (κ3) is 2.28. The Morgan fingerprint density at radius 2 is 2.00 bits per heavy atom. The minimum atomic E-state index is -0.0974. The lowest BCUT2D eigenvalue weighted by Gasteiger charge is -2.20. The molecule has 0 fully saturated rings. The summed E-state index contributed by atoms with van der Waals surface area (Å²) in [5.41, 5.74) is 3.93. The fourth-order valence-corrected chi connectivity index (χ4v) is 2.99. The molecule has 102 valence electrons. The van der Waals surface area contributed by atoms with Crippen molar-refractivity contribution in [1.29, 1.82) is 0 Å². The fourth-order valence-electron chi connectivity index (χ4n) is 2.47. The minimum Gasteiger partial charge on any atom is -0.352 e. The van der Waals surface area contributed by atoms with Gasteiger partial charge in [0.25, 0.3) is 5.91 Å². The predicted molar refractivity (Wildman–Crippen MR) is 80.5 cm³/mol. The lowest BCUT2D eigenvalue weighted by atomic mass is 9.94. The maximum absolute atomic E-state index is 12.1. The number of aryl methyl sites for hydroxylation is 1. The Labute approximate surface area is 126 Å². The van der Waals surface area contributed by atoms with Gasteiger partial charge in [0.05, 0.1) is 11.3 Å². The van der Waals surface area contributed by atoms with E-state index in [4.69, 9.17) is 23.2 Å². The number of nitrogens with one attached hydrogen (secondary N) is 1. The maximum atomic E-state index is 12.1. The van der Waals surface area contributed by atoms with Crippen LogP contribution in [0.3, 0.4) is 0 Å². The van der Waals surface area contributed by atoms with E-state index in [1.807, 2.05) is 19.1 Å². The molecule has 20 heavy (non-hydrogen) atoms. The Morgan fingerprint density at radius 3 is 2.75 bits per heavy atom. The summed E-state index contributed by atoms with van der Waals surface area (Å²) in [4.78, 5) is 16.6. The zero-order valence-corrected chi connectivity index (χ0v) is 12.3. The molecule has 1 amide bonds. The molecule has 1 aromatic heterocycles. The van der Waals surface area contributed by atoms with Crippen molar-refractivity contribution in [1.82, 2.24) is 10.3 Å². The molecule has 2 aromatic rings. The second-order valence-electron chi connectivity index (χ2n) is 4.76. The van der Waals surface area contributed by atoms with E-state index >= 15 is 0 Å². The van der Waals surface area contributed by atoms with E-state index in [0.29, 0.717) is 22.2 Å². The highest BCUT2D eigenvalue weighted by molar-refractivity contribution is 6.36. The molecule has 0 radical (unpaired) electrons. The van der Waals surface area contributed by atoms with Crippen LogP contribution in [0.4, 0.5) is 0 Å². The van der Waals surface area contributed by atoms with Crippen LogP contribution in [0.2, 0.25) is 10.0 Å². The van der Waals surface area contributed by atoms with Gasteiger partial charge in [-0.15, -0.1) is 0 Å². The molecule has 0 aliphatic carbocycles. The summed E-state index contributed by atoms with van der Waals surface area (Å²) in [5, 5.41) is 3.95. The summed E-state index contributed by atoms with van der Waals surface area (Å²) in [6, 6.07) is 7.17. The molecule has 1 aliphatic heterocycles. The third-order valence-corrected chi connectivity index (χ3v) is 3.87. The summed E-state index contributed by atoms with van der Waals surface area (Å²) in [6.07, 6.45) is 0.737. The Hall–Kier alpha value is -1.58. The molecule has 0 unspecified atom stereocenters. The Balaban J connectivity index is 2.28. The fraction of sp³-hybridized carbons (Fsp3) is 0.200. The lowest BCUT2D eigenvalue weighted by molar-refractivity contribution is 0.0946. The molecule has 0 bridgehead atoms. The van der Waals surface area contributed by atoms with Crippen LogP contribution in [0.25, 0.3) is 11.1 Å². The first-order chi connectivity index (χ1) is 9.56. The second kappa shape index (κ2) is 5.08. The number of hydrogen-bond acceptors (Lipinski definition) is 2. The first kappa shape index (κ1) is 13.4. The monoisotopic (exact) mass is 306 g/mol. The number of benzene rings is 1.